The monoisotopic (exact) mass is 327 g/mol. The van der Waals surface area contributed by atoms with Crippen molar-refractivity contribution in [3.8, 4) is 0 Å². The van der Waals surface area contributed by atoms with E-state index in [1.54, 1.807) is 12.1 Å². The van der Waals surface area contributed by atoms with Crippen molar-refractivity contribution in [1.29, 1.82) is 0 Å². The number of nitrogens with one attached hydrogen (secondary N) is 1. The van der Waals surface area contributed by atoms with Gasteiger partial charge in [-0.2, -0.15) is 0 Å². The molecule has 0 saturated carbocycles. The molecule has 106 valence electrons. The third kappa shape index (κ3) is 6.21. The minimum atomic E-state index is -0.509. The predicted molar refractivity (Wildman–Crippen MR) is 81.5 cm³/mol. The molecule has 0 saturated heterocycles. The number of aliphatic hydroxyl groups excluding tert-OH is 1. The standard InChI is InChI=1S/C15H22BrNO2/c1-15(2,3)8-13(18)10-17-14(19)12-6-4-11(9-16)5-7-12/h4-7,13,18H,8-10H2,1-3H3,(H,17,19). The maximum atomic E-state index is 11.9. The molecule has 0 aliphatic rings. The van der Waals surface area contributed by atoms with E-state index >= 15 is 0 Å². The Morgan fingerprint density at radius 2 is 1.89 bits per heavy atom. The average Bonchev–Trinajstić information content (AvgIpc) is 2.34. The molecule has 2 N–H and O–H groups in total. The van der Waals surface area contributed by atoms with Crippen molar-refractivity contribution in [1.82, 2.24) is 5.32 Å². The number of aliphatic hydroxyl groups is 1. The van der Waals surface area contributed by atoms with Crippen molar-refractivity contribution in [2.45, 2.75) is 38.6 Å². The Bertz CT molecular complexity index is 409. The normalized spacial score (nSPS) is 13.1. The second kappa shape index (κ2) is 7.06. The molecule has 0 heterocycles. The van der Waals surface area contributed by atoms with E-state index in [4.69, 9.17) is 0 Å². The van der Waals surface area contributed by atoms with Gasteiger partial charge in [0.15, 0.2) is 0 Å². The smallest absolute Gasteiger partial charge is 0.251 e. The molecular weight excluding hydrogens is 306 g/mol. The molecule has 0 bridgehead atoms. The summed E-state index contributed by atoms with van der Waals surface area (Å²) in [5.74, 6) is -0.144. The van der Waals surface area contributed by atoms with Crippen molar-refractivity contribution in [3.63, 3.8) is 0 Å². The third-order valence-electron chi connectivity index (χ3n) is 2.72. The highest BCUT2D eigenvalue weighted by Gasteiger charge is 2.17. The second-order valence-electron chi connectivity index (χ2n) is 5.96. The molecule has 0 aliphatic carbocycles. The van der Waals surface area contributed by atoms with Gasteiger partial charge in [-0.15, -0.1) is 0 Å². The Hall–Kier alpha value is -0.870. The highest BCUT2D eigenvalue weighted by molar-refractivity contribution is 9.08. The fraction of sp³-hybridized carbons (Fsp3) is 0.533. The Balaban J connectivity index is 2.46. The van der Waals surface area contributed by atoms with Gasteiger partial charge in [0.2, 0.25) is 0 Å². The van der Waals surface area contributed by atoms with E-state index in [1.165, 1.54) is 0 Å². The molecule has 3 nitrogen and oxygen atoms in total. The minimum absolute atomic E-state index is 0.0572. The Morgan fingerprint density at radius 1 is 1.32 bits per heavy atom. The van der Waals surface area contributed by atoms with Crippen molar-refractivity contribution in [2.24, 2.45) is 5.41 Å². The SMILES string of the molecule is CC(C)(C)CC(O)CNC(=O)c1ccc(CBr)cc1. The van der Waals surface area contributed by atoms with E-state index in [2.05, 4.69) is 42.0 Å². The largest absolute Gasteiger partial charge is 0.391 e. The predicted octanol–water partition coefficient (Wildman–Crippen LogP) is 3.11. The van der Waals surface area contributed by atoms with Crippen molar-refractivity contribution < 1.29 is 9.90 Å². The molecule has 4 heteroatoms. The number of carbonyl (C=O) groups excluding carboxylic acids is 1. The summed E-state index contributed by atoms with van der Waals surface area (Å²) in [6, 6.07) is 7.41. The summed E-state index contributed by atoms with van der Waals surface area (Å²) in [7, 11) is 0. The summed E-state index contributed by atoms with van der Waals surface area (Å²) >= 11 is 3.36. The second-order valence-corrected chi connectivity index (χ2v) is 6.52. The van der Waals surface area contributed by atoms with Crippen LogP contribution in [0.1, 0.15) is 43.1 Å². The summed E-state index contributed by atoms with van der Waals surface area (Å²) in [6.07, 6.45) is 0.154. The van der Waals surface area contributed by atoms with Crippen LogP contribution in [0, 0.1) is 5.41 Å². The van der Waals surface area contributed by atoms with Crippen LogP contribution >= 0.6 is 15.9 Å². The molecule has 19 heavy (non-hydrogen) atoms. The molecule has 0 spiro atoms. The molecule has 1 amide bonds. The van der Waals surface area contributed by atoms with Crippen LogP contribution in [0.3, 0.4) is 0 Å². The molecule has 1 atom stereocenters. The van der Waals surface area contributed by atoms with E-state index < -0.39 is 6.10 Å². The summed E-state index contributed by atoms with van der Waals surface area (Å²) in [5, 5.41) is 13.4. The van der Waals surface area contributed by atoms with Gasteiger partial charge in [0, 0.05) is 17.4 Å². The zero-order valence-corrected chi connectivity index (χ0v) is 13.3. The number of hydrogen-bond acceptors (Lipinski definition) is 2. The molecule has 0 aromatic heterocycles. The molecule has 0 fully saturated rings. The summed E-state index contributed by atoms with van der Waals surface area (Å²) < 4.78 is 0. The van der Waals surface area contributed by atoms with Gasteiger partial charge in [-0.25, -0.2) is 0 Å². The van der Waals surface area contributed by atoms with E-state index in [0.717, 1.165) is 10.9 Å². The lowest BCUT2D eigenvalue weighted by Gasteiger charge is -2.22. The molecular formula is C15H22BrNO2. The minimum Gasteiger partial charge on any atom is -0.391 e. The number of carbonyl (C=O) groups is 1. The first-order valence-electron chi connectivity index (χ1n) is 6.43. The Labute approximate surface area is 123 Å². The van der Waals surface area contributed by atoms with Crippen molar-refractivity contribution in [3.05, 3.63) is 35.4 Å². The van der Waals surface area contributed by atoms with Gasteiger partial charge in [0.1, 0.15) is 0 Å². The lowest BCUT2D eigenvalue weighted by molar-refractivity contribution is 0.0868. The van der Waals surface area contributed by atoms with E-state index in [-0.39, 0.29) is 17.9 Å². The van der Waals surface area contributed by atoms with E-state index in [0.29, 0.717) is 12.0 Å². The van der Waals surface area contributed by atoms with Crippen LogP contribution in [-0.2, 0) is 5.33 Å². The topological polar surface area (TPSA) is 49.3 Å². The summed E-state index contributed by atoms with van der Waals surface area (Å²) in [6.45, 7) is 6.49. The number of halogens is 1. The van der Waals surface area contributed by atoms with Gasteiger partial charge < -0.3 is 10.4 Å². The van der Waals surface area contributed by atoms with Crippen LogP contribution in [0.25, 0.3) is 0 Å². The summed E-state index contributed by atoms with van der Waals surface area (Å²) in [5.41, 5.74) is 1.80. The maximum absolute atomic E-state index is 11.9. The van der Waals surface area contributed by atoms with Crippen LogP contribution < -0.4 is 5.32 Å². The lowest BCUT2D eigenvalue weighted by atomic mass is 9.89. The number of rotatable bonds is 5. The van der Waals surface area contributed by atoms with Crippen LogP contribution in [0.2, 0.25) is 0 Å². The average molecular weight is 328 g/mol. The van der Waals surface area contributed by atoms with E-state index in [9.17, 15) is 9.90 Å². The number of alkyl halides is 1. The highest BCUT2D eigenvalue weighted by atomic mass is 79.9. The van der Waals surface area contributed by atoms with Crippen molar-refractivity contribution in [2.75, 3.05) is 6.54 Å². The Kier molecular flexibility index (Phi) is 6.01. The quantitative estimate of drug-likeness (QED) is 0.816. The Morgan fingerprint density at radius 3 is 2.37 bits per heavy atom. The lowest BCUT2D eigenvalue weighted by Crippen LogP contribution is -2.34. The number of benzene rings is 1. The fourth-order valence-corrected chi connectivity index (χ4v) is 2.21. The number of hydrogen-bond donors (Lipinski definition) is 2. The molecule has 0 radical (unpaired) electrons. The van der Waals surface area contributed by atoms with Crippen LogP contribution in [0.15, 0.2) is 24.3 Å². The van der Waals surface area contributed by atoms with E-state index in [1.807, 2.05) is 12.1 Å². The molecule has 0 aliphatic heterocycles. The molecule has 1 aromatic rings. The van der Waals surface area contributed by atoms with Gasteiger partial charge in [-0.3, -0.25) is 4.79 Å². The fourth-order valence-electron chi connectivity index (χ4n) is 1.84. The van der Waals surface area contributed by atoms with Gasteiger partial charge in [-0.1, -0.05) is 48.8 Å². The van der Waals surface area contributed by atoms with Crippen LogP contribution in [0.5, 0.6) is 0 Å². The third-order valence-corrected chi connectivity index (χ3v) is 3.36. The van der Waals surface area contributed by atoms with Crippen LogP contribution in [-0.4, -0.2) is 23.7 Å². The van der Waals surface area contributed by atoms with Crippen LogP contribution in [0.4, 0.5) is 0 Å². The first kappa shape index (κ1) is 16.2. The molecule has 1 unspecified atom stereocenters. The first-order chi connectivity index (χ1) is 8.81. The van der Waals surface area contributed by atoms with Gasteiger partial charge in [-0.05, 0) is 29.5 Å². The maximum Gasteiger partial charge on any atom is 0.251 e. The van der Waals surface area contributed by atoms with Gasteiger partial charge in [0.25, 0.3) is 5.91 Å². The zero-order chi connectivity index (χ0) is 14.5. The molecule has 1 aromatic carbocycles. The summed E-state index contributed by atoms with van der Waals surface area (Å²) in [4.78, 5) is 11.9. The highest BCUT2D eigenvalue weighted by Crippen LogP contribution is 2.20. The van der Waals surface area contributed by atoms with Gasteiger partial charge >= 0.3 is 0 Å². The number of amides is 1. The molecule has 1 rings (SSSR count). The van der Waals surface area contributed by atoms with Crippen molar-refractivity contribution >= 4 is 21.8 Å². The van der Waals surface area contributed by atoms with Gasteiger partial charge in [0.05, 0.1) is 6.10 Å². The zero-order valence-electron chi connectivity index (χ0n) is 11.7. The first-order valence-corrected chi connectivity index (χ1v) is 7.55.